The molecule has 1 fully saturated rings. The second-order valence-corrected chi connectivity index (χ2v) is 9.51. The van der Waals surface area contributed by atoms with Gasteiger partial charge in [-0.15, -0.1) is 0 Å². The number of halogens is 1. The summed E-state index contributed by atoms with van der Waals surface area (Å²) < 4.78 is 19.5. The number of carbonyl (C=O) groups is 1. The Labute approximate surface area is 186 Å². The Balaban J connectivity index is 1.94. The van der Waals surface area contributed by atoms with Gasteiger partial charge in [-0.05, 0) is 62.0 Å². The van der Waals surface area contributed by atoms with Crippen LogP contribution in [0.15, 0.2) is 16.7 Å². The minimum absolute atomic E-state index is 0.235. The predicted octanol–water partition coefficient (Wildman–Crippen LogP) is 4.96. The molecule has 0 aromatic carbocycles. The molecule has 2 aromatic heterocycles. The van der Waals surface area contributed by atoms with Gasteiger partial charge in [0.1, 0.15) is 10.1 Å². The van der Waals surface area contributed by atoms with E-state index in [2.05, 4.69) is 31.5 Å². The summed E-state index contributed by atoms with van der Waals surface area (Å²) in [6, 6.07) is 2.20. The lowest BCUT2D eigenvalue weighted by Crippen LogP contribution is -2.42. The van der Waals surface area contributed by atoms with Crippen LogP contribution in [0, 0.1) is 0 Å². The molecule has 0 saturated carbocycles. The lowest BCUT2D eigenvalue weighted by molar-refractivity contribution is 0.0196. The number of hydrogen-bond acceptors (Lipinski definition) is 5. The van der Waals surface area contributed by atoms with Crippen molar-refractivity contribution in [3.63, 3.8) is 0 Å². The van der Waals surface area contributed by atoms with Gasteiger partial charge in [-0.25, -0.2) is 9.78 Å². The normalized spacial score (nSPS) is 17.4. The Morgan fingerprint density at radius 1 is 1.33 bits per heavy atom. The summed E-state index contributed by atoms with van der Waals surface area (Å²) >= 11 is 3.68. The van der Waals surface area contributed by atoms with Crippen molar-refractivity contribution in [1.82, 2.24) is 14.5 Å². The number of fused-ring (bicyclic) bond motifs is 1. The van der Waals surface area contributed by atoms with Crippen LogP contribution in [0.1, 0.15) is 51.6 Å². The molecule has 2 aromatic rings. The van der Waals surface area contributed by atoms with Crippen LogP contribution in [0.3, 0.4) is 0 Å². The van der Waals surface area contributed by atoms with E-state index in [0.717, 1.165) is 47.7 Å². The highest BCUT2D eigenvalue weighted by molar-refractivity contribution is 9.10. The van der Waals surface area contributed by atoms with E-state index in [9.17, 15) is 4.79 Å². The first-order valence-corrected chi connectivity index (χ1v) is 11.2. The summed E-state index contributed by atoms with van der Waals surface area (Å²) in [6.45, 7) is 8.59. The van der Waals surface area contributed by atoms with E-state index >= 15 is 0 Å². The molecule has 1 atom stereocenters. The van der Waals surface area contributed by atoms with E-state index in [1.807, 2.05) is 31.9 Å². The van der Waals surface area contributed by atoms with Gasteiger partial charge in [0.15, 0.2) is 0 Å². The number of pyridine rings is 1. The molecular weight excluding hydrogens is 450 g/mol. The van der Waals surface area contributed by atoms with Crippen molar-refractivity contribution in [1.29, 1.82) is 0 Å². The quantitative estimate of drug-likeness (QED) is 0.545. The molecule has 3 rings (SSSR count). The molecule has 0 radical (unpaired) electrons. The van der Waals surface area contributed by atoms with Crippen LogP contribution in [0.4, 0.5) is 4.79 Å². The fourth-order valence-corrected chi connectivity index (χ4v) is 4.73. The lowest BCUT2D eigenvalue weighted by Gasteiger charge is -2.34. The Kier molecular flexibility index (Phi) is 7.29. The Morgan fingerprint density at radius 3 is 2.77 bits per heavy atom. The standard InChI is InChI=1S/C22H32BrN3O4/c1-22(2,3)30-21(27)25-9-6-8-15(14-25)17-12-16-13-24-20(29-5)18(23)19(16)26(17)10-7-11-28-4/h12-13,15H,6-11,14H2,1-5H3. The van der Waals surface area contributed by atoms with E-state index in [1.54, 1.807) is 14.2 Å². The summed E-state index contributed by atoms with van der Waals surface area (Å²) in [5, 5.41) is 1.06. The second kappa shape index (κ2) is 9.56. The number of carbonyl (C=O) groups excluding carboxylic acids is 1. The first-order valence-electron chi connectivity index (χ1n) is 10.4. The number of aryl methyl sites for hydroxylation is 1. The topological polar surface area (TPSA) is 65.8 Å². The fourth-order valence-electron chi connectivity index (χ4n) is 4.02. The summed E-state index contributed by atoms with van der Waals surface area (Å²) in [4.78, 5) is 18.9. The van der Waals surface area contributed by atoms with E-state index in [0.29, 0.717) is 19.0 Å². The van der Waals surface area contributed by atoms with Crippen LogP contribution in [-0.4, -0.2) is 60.1 Å². The van der Waals surface area contributed by atoms with Gasteiger partial charge < -0.3 is 23.7 Å². The van der Waals surface area contributed by atoms with Gasteiger partial charge in [-0.3, -0.25) is 0 Å². The van der Waals surface area contributed by atoms with E-state index < -0.39 is 5.60 Å². The number of rotatable bonds is 6. The summed E-state index contributed by atoms with van der Waals surface area (Å²) in [6.07, 6.45) is 4.49. The molecule has 0 N–H and O–H groups in total. The molecule has 0 spiro atoms. The predicted molar refractivity (Wildman–Crippen MR) is 120 cm³/mol. The first-order chi connectivity index (χ1) is 14.2. The molecule has 3 heterocycles. The maximum absolute atomic E-state index is 12.6. The van der Waals surface area contributed by atoms with Gasteiger partial charge in [-0.2, -0.15) is 0 Å². The molecule has 30 heavy (non-hydrogen) atoms. The molecule has 0 aliphatic carbocycles. The molecular formula is C22H32BrN3O4. The van der Waals surface area contributed by atoms with Crippen LogP contribution in [0.5, 0.6) is 5.88 Å². The van der Waals surface area contributed by atoms with E-state index in [-0.39, 0.29) is 12.0 Å². The number of ether oxygens (including phenoxy) is 3. The third kappa shape index (κ3) is 5.09. The van der Waals surface area contributed by atoms with Crippen molar-refractivity contribution in [2.45, 2.75) is 58.1 Å². The zero-order valence-corrected chi connectivity index (χ0v) is 20.1. The van der Waals surface area contributed by atoms with E-state index in [4.69, 9.17) is 14.2 Å². The number of piperidine rings is 1. The number of methoxy groups -OCH3 is 2. The highest BCUT2D eigenvalue weighted by Crippen LogP contribution is 2.37. The van der Waals surface area contributed by atoms with Crippen LogP contribution in [0.2, 0.25) is 0 Å². The largest absolute Gasteiger partial charge is 0.480 e. The highest BCUT2D eigenvalue weighted by Gasteiger charge is 2.30. The summed E-state index contributed by atoms with van der Waals surface area (Å²) in [5.74, 6) is 0.804. The lowest BCUT2D eigenvalue weighted by atomic mass is 9.94. The van der Waals surface area contributed by atoms with Gasteiger partial charge in [-0.1, -0.05) is 0 Å². The van der Waals surface area contributed by atoms with Gasteiger partial charge in [0.25, 0.3) is 0 Å². The van der Waals surface area contributed by atoms with E-state index in [1.165, 1.54) is 5.69 Å². The second-order valence-electron chi connectivity index (χ2n) is 8.72. The third-order valence-corrected chi connectivity index (χ3v) is 6.00. The van der Waals surface area contributed by atoms with Crippen molar-refractivity contribution in [3.05, 3.63) is 22.4 Å². The molecule has 1 aliphatic heterocycles. The minimum Gasteiger partial charge on any atom is -0.480 e. The number of nitrogens with zero attached hydrogens (tertiary/aromatic N) is 3. The van der Waals surface area contributed by atoms with Crippen molar-refractivity contribution in [3.8, 4) is 5.88 Å². The molecule has 8 heteroatoms. The highest BCUT2D eigenvalue weighted by atomic mass is 79.9. The smallest absolute Gasteiger partial charge is 0.410 e. The molecule has 1 unspecified atom stereocenters. The minimum atomic E-state index is -0.494. The van der Waals surface area contributed by atoms with Gasteiger partial charge in [0.05, 0.1) is 12.6 Å². The summed E-state index contributed by atoms with van der Waals surface area (Å²) in [5.41, 5.74) is 1.79. The molecule has 1 saturated heterocycles. The Morgan fingerprint density at radius 2 is 2.10 bits per heavy atom. The molecule has 166 valence electrons. The van der Waals surface area contributed by atoms with Crippen LogP contribution in [0.25, 0.3) is 10.9 Å². The monoisotopic (exact) mass is 481 g/mol. The number of aromatic nitrogens is 2. The van der Waals surface area contributed by atoms with Crippen molar-refractivity contribution < 1.29 is 19.0 Å². The van der Waals surface area contributed by atoms with Crippen molar-refractivity contribution in [2.24, 2.45) is 0 Å². The zero-order valence-electron chi connectivity index (χ0n) is 18.5. The first kappa shape index (κ1) is 22.9. The number of likely N-dealkylation sites (tertiary alicyclic amines) is 1. The van der Waals surface area contributed by atoms with Gasteiger partial charge >= 0.3 is 6.09 Å². The molecule has 1 aliphatic rings. The summed E-state index contributed by atoms with van der Waals surface area (Å²) in [7, 11) is 3.34. The van der Waals surface area contributed by atoms with Gasteiger partial charge in [0, 0.05) is 56.5 Å². The van der Waals surface area contributed by atoms with Crippen LogP contribution >= 0.6 is 15.9 Å². The fraction of sp³-hybridized carbons (Fsp3) is 0.636. The maximum atomic E-state index is 12.6. The molecule has 0 bridgehead atoms. The maximum Gasteiger partial charge on any atom is 0.410 e. The van der Waals surface area contributed by atoms with Gasteiger partial charge in [0.2, 0.25) is 5.88 Å². The Hall–Kier alpha value is -1.80. The van der Waals surface area contributed by atoms with Crippen LogP contribution in [-0.2, 0) is 16.0 Å². The van der Waals surface area contributed by atoms with Crippen molar-refractivity contribution in [2.75, 3.05) is 33.9 Å². The molecule has 1 amide bonds. The Bertz CT molecular complexity index is 891. The number of amides is 1. The molecule has 7 nitrogen and oxygen atoms in total. The average molecular weight is 482 g/mol. The average Bonchev–Trinajstić information content (AvgIpc) is 3.07. The van der Waals surface area contributed by atoms with Crippen molar-refractivity contribution >= 4 is 32.9 Å². The zero-order chi connectivity index (χ0) is 21.9. The SMILES string of the molecule is COCCCn1c(C2CCCN(C(=O)OC(C)(C)C)C2)cc2cnc(OC)c(Br)c21. The number of hydrogen-bond donors (Lipinski definition) is 0. The third-order valence-electron chi connectivity index (χ3n) is 5.29. The van der Waals surface area contributed by atoms with Crippen LogP contribution < -0.4 is 4.74 Å².